The fraction of sp³-hybridized carbons (Fsp3) is 0.200. The molecule has 28 heavy (non-hydrogen) atoms. The molecule has 0 aliphatic heterocycles. The second kappa shape index (κ2) is 8.37. The Hall–Kier alpha value is -2.97. The van der Waals surface area contributed by atoms with Crippen molar-refractivity contribution in [3.8, 4) is 5.69 Å². The molecule has 3 rings (SSSR count). The van der Waals surface area contributed by atoms with Crippen molar-refractivity contribution < 1.29 is 17.9 Å². The summed E-state index contributed by atoms with van der Waals surface area (Å²) in [5.74, 6) is -0.426. The number of hydrogen-bond acceptors (Lipinski definition) is 5. The van der Waals surface area contributed by atoms with E-state index in [0.717, 1.165) is 11.4 Å². The quantitative estimate of drug-likeness (QED) is 0.660. The summed E-state index contributed by atoms with van der Waals surface area (Å²) >= 11 is 0. The third kappa shape index (κ3) is 4.47. The third-order valence-electron chi connectivity index (χ3n) is 4.21. The van der Waals surface area contributed by atoms with Gasteiger partial charge in [0.05, 0.1) is 22.9 Å². The van der Waals surface area contributed by atoms with Gasteiger partial charge in [-0.25, -0.2) is 13.1 Å². The number of methoxy groups -OCH3 is 1. The molecular formula is C20H21N3O4S. The van der Waals surface area contributed by atoms with E-state index in [1.54, 1.807) is 16.9 Å². The summed E-state index contributed by atoms with van der Waals surface area (Å²) in [6, 6.07) is 15.1. The number of ether oxygens (including phenoxy) is 1. The van der Waals surface area contributed by atoms with Gasteiger partial charge in [0.1, 0.15) is 0 Å². The highest BCUT2D eigenvalue weighted by atomic mass is 32.2. The fourth-order valence-electron chi connectivity index (χ4n) is 2.68. The van der Waals surface area contributed by atoms with Crippen LogP contribution in [0, 0.1) is 6.92 Å². The lowest BCUT2D eigenvalue weighted by Gasteiger charge is -2.09. The first-order chi connectivity index (χ1) is 13.4. The first kappa shape index (κ1) is 19.8. The minimum atomic E-state index is -3.43. The highest BCUT2D eigenvalue weighted by Gasteiger charge is 2.15. The van der Waals surface area contributed by atoms with E-state index in [2.05, 4.69) is 10.4 Å². The Balaban J connectivity index is 1.74. The normalized spacial score (nSPS) is 11.4. The van der Waals surface area contributed by atoms with Crippen molar-refractivity contribution in [1.29, 1.82) is 0 Å². The maximum atomic E-state index is 12.5. The predicted octanol–water partition coefficient (Wildman–Crippen LogP) is 2.85. The number of carbonyl (C=O) groups excluding carboxylic acids is 1. The van der Waals surface area contributed by atoms with Gasteiger partial charge in [-0.3, -0.25) is 4.79 Å². The molecule has 2 aromatic carbocycles. The van der Waals surface area contributed by atoms with Crippen molar-refractivity contribution in [2.75, 3.05) is 24.8 Å². The molecule has 0 spiro atoms. The summed E-state index contributed by atoms with van der Waals surface area (Å²) in [6.07, 6.45) is 1.71. The van der Waals surface area contributed by atoms with Gasteiger partial charge in [-0.1, -0.05) is 6.07 Å². The topological polar surface area (TPSA) is 90.3 Å². The number of nitrogens with one attached hydrogen (secondary N) is 1. The minimum absolute atomic E-state index is 0.102. The lowest BCUT2D eigenvalue weighted by Crippen LogP contribution is -2.14. The van der Waals surface area contributed by atoms with E-state index < -0.39 is 9.84 Å². The van der Waals surface area contributed by atoms with Crippen LogP contribution in [0.25, 0.3) is 5.69 Å². The summed E-state index contributed by atoms with van der Waals surface area (Å²) in [6.45, 7) is 2.07. The molecule has 1 N–H and O–H groups in total. The number of benzene rings is 2. The van der Waals surface area contributed by atoms with Gasteiger partial charge in [0.15, 0.2) is 9.84 Å². The Labute approximate surface area is 163 Å². The number of anilines is 1. The third-order valence-corrected chi connectivity index (χ3v) is 5.91. The number of rotatable bonds is 7. The van der Waals surface area contributed by atoms with Crippen LogP contribution < -0.4 is 5.32 Å². The Morgan fingerprint density at radius 2 is 1.89 bits per heavy atom. The molecule has 0 aliphatic rings. The van der Waals surface area contributed by atoms with Crippen molar-refractivity contribution >= 4 is 21.4 Å². The zero-order valence-corrected chi connectivity index (χ0v) is 16.4. The fourth-order valence-corrected chi connectivity index (χ4v) is 3.86. The Morgan fingerprint density at radius 1 is 1.14 bits per heavy atom. The molecule has 1 aromatic heterocycles. The van der Waals surface area contributed by atoms with E-state index in [9.17, 15) is 13.2 Å². The monoisotopic (exact) mass is 399 g/mol. The summed E-state index contributed by atoms with van der Waals surface area (Å²) in [4.78, 5) is 12.7. The van der Waals surface area contributed by atoms with E-state index in [1.165, 1.54) is 31.4 Å². The SMILES string of the molecule is COCCS(=O)(=O)c1ccc(C(=O)Nc2cccc(-n3nccc3C)c2)cc1. The molecule has 0 atom stereocenters. The molecule has 1 heterocycles. The Kier molecular flexibility index (Phi) is 5.91. The van der Waals surface area contributed by atoms with Crippen LogP contribution in [0.5, 0.6) is 0 Å². The van der Waals surface area contributed by atoms with E-state index >= 15 is 0 Å². The molecule has 0 aliphatic carbocycles. The maximum Gasteiger partial charge on any atom is 0.255 e. The number of aryl methyl sites for hydroxylation is 1. The molecule has 0 unspecified atom stereocenters. The Morgan fingerprint density at radius 3 is 2.54 bits per heavy atom. The van der Waals surface area contributed by atoms with Crippen LogP contribution >= 0.6 is 0 Å². The number of sulfone groups is 1. The van der Waals surface area contributed by atoms with Crippen molar-refractivity contribution in [3.05, 3.63) is 72.1 Å². The predicted molar refractivity (Wildman–Crippen MR) is 107 cm³/mol. The Bertz CT molecular complexity index is 1070. The number of amides is 1. The van der Waals surface area contributed by atoms with Gasteiger partial charge in [-0.15, -0.1) is 0 Å². The second-order valence-corrected chi connectivity index (χ2v) is 8.33. The van der Waals surface area contributed by atoms with Crippen LogP contribution in [0.1, 0.15) is 16.1 Å². The van der Waals surface area contributed by atoms with Gasteiger partial charge in [0.2, 0.25) is 0 Å². The van der Waals surface area contributed by atoms with Gasteiger partial charge in [-0.05, 0) is 55.5 Å². The van der Waals surface area contributed by atoms with E-state index in [4.69, 9.17) is 4.74 Å². The molecule has 8 heteroatoms. The second-order valence-electron chi connectivity index (χ2n) is 6.22. The highest BCUT2D eigenvalue weighted by Crippen LogP contribution is 2.18. The average molecular weight is 399 g/mol. The minimum Gasteiger partial charge on any atom is -0.384 e. The van der Waals surface area contributed by atoms with Crippen LogP contribution in [0.4, 0.5) is 5.69 Å². The highest BCUT2D eigenvalue weighted by molar-refractivity contribution is 7.91. The average Bonchev–Trinajstić information content (AvgIpc) is 3.12. The molecule has 0 radical (unpaired) electrons. The molecule has 0 bridgehead atoms. The van der Waals surface area contributed by atoms with E-state index in [1.807, 2.05) is 31.2 Å². The zero-order chi connectivity index (χ0) is 20.1. The van der Waals surface area contributed by atoms with Crippen LogP contribution in [0.3, 0.4) is 0 Å². The molecule has 7 nitrogen and oxygen atoms in total. The van der Waals surface area contributed by atoms with Crippen LogP contribution in [0.15, 0.2) is 65.7 Å². The van der Waals surface area contributed by atoms with Gasteiger partial charge in [-0.2, -0.15) is 5.10 Å². The van der Waals surface area contributed by atoms with Gasteiger partial charge < -0.3 is 10.1 Å². The number of aromatic nitrogens is 2. The van der Waals surface area contributed by atoms with Crippen molar-refractivity contribution in [2.24, 2.45) is 0 Å². The van der Waals surface area contributed by atoms with E-state index in [0.29, 0.717) is 11.3 Å². The number of hydrogen-bond donors (Lipinski definition) is 1. The van der Waals surface area contributed by atoms with Gasteiger partial charge in [0, 0.05) is 30.3 Å². The molecule has 0 saturated carbocycles. The molecule has 3 aromatic rings. The van der Waals surface area contributed by atoms with Gasteiger partial charge >= 0.3 is 0 Å². The molecule has 0 saturated heterocycles. The van der Waals surface area contributed by atoms with E-state index in [-0.39, 0.29) is 23.2 Å². The number of carbonyl (C=O) groups is 1. The first-order valence-corrected chi connectivity index (χ1v) is 10.3. The maximum absolute atomic E-state index is 12.5. The summed E-state index contributed by atoms with van der Waals surface area (Å²) in [5.41, 5.74) is 2.80. The van der Waals surface area contributed by atoms with Crippen LogP contribution in [-0.4, -0.2) is 43.6 Å². The van der Waals surface area contributed by atoms with Crippen LogP contribution in [-0.2, 0) is 14.6 Å². The number of nitrogens with zero attached hydrogens (tertiary/aromatic N) is 2. The first-order valence-electron chi connectivity index (χ1n) is 8.65. The lowest BCUT2D eigenvalue weighted by atomic mass is 10.2. The van der Waals surface area contributed by atoms with Crippen molar-refractivity contribution in [2.45, 2.75) is 11.8 Å². The summed E-state index contributed by atoms with van der Waals surface area (Å²) < 4.78 is 30.9. The summed E-state index contributed by atoms with van der Waals surface area (Å²) in [7, 11) is -1.97. The summed E-state index contributed by atoms with van der Waals surface area (Å²) in [5, 5.41) is 7.08. The van der Waals surface area contributed by atoms with Crippen LogP contribution in [0.2, 0.25) is 0 Å². The lowest BCUT2D eigenvalue weighted by molar-refractivity contribution is 0.102. The molecule has 1 amide bonds. The zero-order valence-electron chi connectivity index (χ0n) is 15.6. The molecule has 0 fully saturated rings. The van der Waals surface area contributed by atoms with Gasteiger partial charge in [0.25, 0.3) is 5.91 Å². The molecule has 146 valence electrons. The largest absolute Gasteiger partial charge is 0.384 e. The standard InChI is InChI=1S/C20H21N3O4S/c1-15-10-11-21-23(15)18-5-3-4-17(14-18)22-20(24)16-6-8-19(9-7-16)28(25,26)13-12-27-2/h3-11,14H,12-13H2,1-2H3,(H,22,24). The van der Waals surface area contributed by atoms with Crippen molar-refractivity contribution in [1.82, 2.24) is 9.78 Å². The smallest absolute Gasteiger partial charge is 0.255 e. The molecular weight excluding hydrogens is 378 g/mol. The van der Waals surface area contributed by atoms with Crippen molar-refractivity contribution in [3.63, 3.8) is 0 Å².